The Hall–Kier alpha value is -0.0800. The average Bonchev–Trinajstić information content (AvgIpc) is 2.65. The van der Waals surface area contributed by atoms with E-state index in [1.807, 2.05) is 0 Å². The van der Waals surface area contributed by atoms with Crippen molar-refractivity contribution in [1.82, 2.24) is 4.90 Å². The van der Waals surface area contributed by atoms with E-state index in [9.17, 15) is 0 Å². The first kappa shape index (κ1) is 17.3. The molecule has 1 aliphatic carbocycles. The summed E-state index contributed by atoms with van der Waals surface area (Å²) in [5.41, 5.74) is 7.15. The second-order valence-corrected chi connectivity index (χ2v) is 8.65. The van der Waals surface area contributed by atoms with Gasteiger partial charge in [-0.1, -0.05) is 40.5 Å². The molecular formula is C19H38N2. The van der Waals surface area contributed by atoms with E-state index in [2.05, 4.69) is 32.6 Å². The molecule has 0 bridgehead atoms. The summed E-state index contributed by atoms with van der Waals surface area (Å²) in [5, 5.41) is 0. The zero-order valence-electron chi connectivity index (χ0n) is 15.0. The van der Waals surface area contributed by atoms with Gasteiger partial charge in [0.15, 0.2) is 0 Å². The molecule has 21 heavy (non-hydrogen) atoms. The number of hydrogen-bond acceptors (Lipinski definition) is 2. The summed E-state index contributed by atoms with van der Waals surface area (Å²) in [7, 11) is 0. The summed E-state index contributed by atoms with van der Waals surface area (Å²) in [5.74, 6) is 1.69. The summed E-state index contributed by atoms with van der Waals surface area (Å²) in [6.45, 7) is 13.1. The molecule has 2 aliphatic rings. The lowest BCUT2D eigenvalue weighted by atomic mass is 9.63. The monoisotopic (exact) mass is 294 g/mol. The van der Waals surface area contributed by atoms with Crippen LogP contribution in [0.15, 0.2) is 0 Å². The number of likely N-dealkylation sites (tertiary alicyclic amines) is 1. The fraction of sp³-hybridized carbons (Fsp3) is 1.00. The van der Waals surface area contributed by atoms with Crippen LogP contribution in [0.1, 0.15) is 79.1 Å². The van der Waals surface area contributed by atoms with Crippen LogP contribution in [0.25, 0.3) is 0 Å². The largest absolute Gasteiger partial charge is 0.329 e. The van der Waals surface area contributed by atoms with Crippen molar-refractivity contribution >= 4 is 0 Å². The summed E-state index contributed by atoms with van der Waals surface area (Å²) in [6.07, 6.45) is 10.9. The second-order valence-electron chi connectivity index (χ2n) is 8.65. The third-order valence-electron chi connectivity index (χ3n) is 6.54. The smallest absolute Gasteiger partial charge is 0.0357 e. The van der Waals surface area contributed by atoms with Gasteiger partial charge in [-0.2, -0.15) is 0 Å². The van der Waals surface area contributed by atoms with E-state index in [1.54, 1.807) is 0 Å². The van der Waals surface area contributed by atoms with Crippen LogP contribution in [-0.4, -0.2) is 30.1 Å². The topological polar surface area (TPSA) is 29.3 Å². The van der Waals surface area contributed by atoms with Gasteiger partial charge in [0.25, 0.3) is 0 Å². The third-order valence-corrected chi connectivity index (χ3v) is 6.54. The third kappa shape index (κ3) is 3.82. The molecular weight excluding hydrogens is 256 g/mol. The molecule has 2 fully saturated rings. The van der Waals surface area contributed by atoms with Crippen LogP contribution in [-0.2, 0) is 0 Å². The quantitative estimate of drug-likeness (QED) is 0.831. The van der Waals surface area contributed by atoms with Crippen molar-refractivity contribution in [1.29, 1.82) is 0 Å². The molecule has 1 saturated heterocycles. The molecule has 3 unspecified atom stereocenters. The van der Waals surface area contributed by atoms with Crippen LogP contribution in [0.5, 0.6) is 0 Å². The van der Waals surface area contributed by atoms with Crippen molar-refractivity contribution in [2.45, 2.75) is 84.6 Å². The summed E-state index contributed by atoms with van der Waals surface area (Å²) >= 11 is 0. The number of nitrogens with zero attached hydrogens (tertiary/aromatic N) is 1. The highest BCUT2D eigenvalue weighted by Crippen LogP contribution is 2.47. The Bertz CT molecular complexity index is 326. The maximum absolute atomic E-state index is 6.35. The molecule has 124 valence electrons. The van der Waals surface area contributed by atoms with Gasteiger partial charge in [-0.25, -0.2) is 0 Å². The molecule has 0 aromatic heterocycles. The van der Waals surface area contributed by atoms with E-state index in [0.717, 1.165) is 18.4 Å². The highest BCUT2D eigenvalue weighted by atomic mass is 15.2. The van der Waals surface area contributed by atoms with Crippen LogP contribution >= 0.6 is 0 Å². The molecule has 3 atom stereocenters. The molecule has 2 nitrogen and oxygen atoms in total. The van der Waals surface area contributed by atoms with E-state index in [1.165, 1.54) is 64.5 Å². The Morgan fingerprint density at radius 1 is 1.14 bits per heavy atom. The van der Waals surface area contributed by atoms with Crippen LogP contribution in [0.3, 0.4) is 0 Å². The normalized spacial score (nSPS) is 38.1. The first-order valence-corrected chi connectivity index (χ1v) is 9.38. The molecule has 2 heteroatoms. The maximum Gasteiger partial charge on any atom is 0.0357 e. The van der Waals surface area contributed by atoms with Crippen molar-refractivity contribution in [2.24, 2.45) is 23.0 Å². The molecule has 1 heterocycles. The lowest BCUT2D eigenvalue weighted by Crippen LogP contribution is -2.61. The molecule has 1 saturated carbocycles. The van der Waals surface area contributed by atoms with E-state index >= 15 is 0 Å². The highest BCUT2D eigenvalue weighted by molar-refractivity contribution is 5.02. The minimum absolute atomic E-state index is 0.288. The molecule has 1 aliphatic heterocycles. The van der Waals surface area contributed by atoms with Gasteiger partial charge in [0.05, 0.1) is 0 Å². The number of rotatable bonds is 4. The van der Waals surface area contributed by atoms with Crippen molar-refractivity contribution < 1.29 is 0 Å². The predicted molar refractivity (Wildman–Crippen MR) is 92.4 cm³/mol. The Balaban J connectivity index is 2.06. The van der Waals surface area contributed by atoms with Gasteiger partial charge in [-0.15, -0.1) is 0 Å². The lowest BCUT2D eigenvalue weighted by molar-refractivity contribution is -0.0210. The first-order chi connectivity index (χ1) is 9.93. The highest BCUT2D eigenvalue weighted by Gasteiger charge is 2.46. The lowest BCUT2D eigenvalue weighted by Gasteiger charge is -2.54. The maximum atomic E-state index is 6.35. The van der Waals surface area contributed by atoms with Gasteiger partial charge in [0.1, 0.15) is 0 Å². The molecule has 2 N–H and O–H groups in total. The molecule has 0 aromatic rings. The van der Waals surface area contributed by atoms with Gasteiger partial charge in [-0.05, 0) is 68.9 Å². The van der Waals surface area contributed by atoms with E-state index in [-0.39, 0.29) is 5.54 Å². The molecule has 0 radical (unpaired) electrons. The zero-order chi connectivity index (χ0) is 15.5. The van der Waals surface area contributed by atoms with Gasteiger partial charge >= 0.3 is 0 Å². The van der Waals surface area contributed by atoms with E-state index < -0.39 is 0 Å². The van der Waals surface area contributed by atoms with Crippen LogP contribution < -0.4 is 5.73 Å². The molecule has 0 aromatic carbocycles. The van der Waals surface area contributed by atoms with Gasteiger partial charge in [0.2, 0.25) is 0 Å². The fourth-order valence-electron chi connectivity index (χ4n) is 5.13. The Labute approximate surface area is 132 Å². The van der Waals surface area contributed by atoms with Crippen LogP contribution in [0.4, 0.5) is 0 Å². The summed E-state index contributed by atoms with van der Waals surface area (Å²) < 4.78 is 0. The average molecular weight is 295 g/mol. The molecule has 2 rings (SSSR count). The van der Waals surface area contributed by atoms with Crippen molar-refractivity contribution in [2.75, 3.05) is 19.6 Å². The first-order valence-electron chi connectivity index (χ1n) is 9.38. The fourth-order valence-corrected chi connectivity index (χ4v) is 5.13. The minimum atomic E-state index is 0.288. The molecule has 0 amide bonds. The number of hydrogen-bond donors (Lipinski definition) is 1. The Morgan fingerprint density at radius 2 is 1.90 bits per heavy atom. The second kappa shape index (κ2) is 7.00. The van der Waals surface area contributed by atoms with Crippen LogP contribution in [0.2, 0.25) is 0 Å². The number of nitrogens with two attached hydrogens (primary N) is 1. The Kier molecular flexibility index (Phi) is 5.76. The predicted octanol–water partition coefficient (Wildman–Crippen LogP) is 4.43. The standard InChI is InChI=1S/C19H38N2/c1-5-7-17-8-6-12-21(13-9-17)19(15-20)11-10-18(3,4)14-16(19)2/h16-17H,5-15,20H2,1-4H3. The zero-order valence-corrected chi connectivity index (χ0v) is 15.0. The Morgan fingerprint density at radius 3 is 2.52 bits per heavy atom. The van der Waals surface area contributed by atoms with Crippen molar-refractivity contribution in [3.63, 3.8) is 0 Å². The summed E-state index contributed by atoms with van der Waals surface area (Å²) in [4.78, 5) is 2.81. The van der Waals surface area contributed by atoms with Crippen molar-refractivity contribution in [3.8, 4) is 0 Å². The molecule has 0 spiro atoms. The van der Waals surface area contributed by atoms with Crippen molar-refractivity contribution in [3.05, 3.63) is 0 Å². The summed E-state index contributed by atoms with van der Waals surface area (Å²) in [6, 6.07) is 0. The van der Waals surface area contributed by atoms with E-state index in [4.69, 9.17) is 5.73 Å². The van der Waals surface area contributed by atoms with Gasteiger partial charge in [0, 0.05) is 12.1 Å². The van der Waals surface area contributed by atoms with Gasteiger partial charge in [-0.3, -0.25) is 4.90 Å². The van der Waals surface area contributed by atoms with Crippen LogP contribution in [0, 0.1) is 17.3 Å². The SMILES string of the molecule is CCCC1CCCN(C2(CN)CCC(C)(C)CC2C)CC1. The van der Waals surface area contributed by atoms with E-state index in [0.29, 0.717) is 5.41 Å². The minimum Gasteiger partial charge on any atom is -0.329 e. The van der Waals surface area contributed by atoms with Gasteiger partial charge < -0.3 is 5.73 Å².